The minimum atomic E-state index is -0.645. The molecule has 172 valence electrons. The van der Waals surface area contributed by atoms with Crippen LogP contribution in [-0.4, -0.2) is 41.6 Å². The second kappa shape index (κ2) is 12.0. The molecule has 9 nitrogen and oxygen atoms in total. The van der Waals surface area contributed by atoms with Crippen molar-refractivity contribution < 1.29 is 14.3 Å². The summed E-state index contributed by atoms with van der Waals surface area (Å²) in [7, 11) is 0. The summed E-state index contributed by atoms with van der Waals surface area (Å²) in [5.41, 5.74) is 3.80. The quantitative estimate of drug-likeness (QED) is 0.352. The number of alkyl carbamates (subject to hydrolysis) is 1. The highest BCUT2D eigenvalue weighted by atomic mass is 16.5. The minimum absolute atomic E-state index is 0.148. The lowest BCUT2D eigenvalue weighted by Crippen LogP contribution is -2.38. The Bertz CT molecular complexity index is 1060. The highest BCUT2D eigenvalue weighted by Crippen LogP contribution is 2.17. The zero-order chi connectivity index (χ0) is 23.5. The summed E-state index contributed by atoms with van der Waals surface area (Å²) in [5.74, 6) is 0.818. The molecule has 4 N–H and O–H groups in total. The summed E-state index contributed by atoms with van der Waals surface area (Å²) in [6.45, 7) is 4.68. The Balaban J connectivity index is 1.35. The Morgan fingerprint density at radius 1 is 0.909 bits per heavy atom. The number of rotatable bonds is 10. The van der Waals surface area contributed by atoms with Crippen molar-refractivity contribution in [3.05, 3.63) is 77.5 Å². The van der Waals surface area contributed by atoms with Crippen LogP contribution in [0.25, 0.3) is 0 Å². The average molecular weight is 449 g/mol. The van der Waals surface area contributed by atoms with Crippen molar-refractivity contribution in [3.63, 3.8) is 0 Å². The summed E-state index contributed by atoms with van der Waals surface area (Å²) in [6.07, 6.45) is -0.645. The fourth-order valence-electron chi connectivity index (χ4n) is 2.86. The molecule has 2 aromatic carbocycles. The molecular formula is C24H28N6O3. The Labute approximate surface area is 193 Å². The fraction of sp³-hybridized carbons (Fsp3) is 0.250. The van der Waals surface area contributed by atoms with Crippen LogP contribution in [0.3, 0.4) is 0 Å². The highest BCUT2D eigenvalue weighted by Gasteiger charge is 2.07. The molecule has 0 bridgehead atoms. The van der Waals surface area contributed by atoms with E-state index in [9.17, 15) is 9.59 Å². The third-order valence-electron chi connectivity index (χ3n) is 4.51. The van der Waals surface area contributed by atoms with Gasteiger partial charge in [0.2, 0.25) is 11.9 Å². The number of carbonyl (C=O) groups excluding carboxylic acids is 2. The van der Waals surface area contributed by atoms with Crippen LogP contribution >= 0.6 is 0 Å². The Hall–Kier alpha value is -4.14. The van der Waals surface area contributed by atoms with Gasteiger partial charge in [0.05, 0.1) is 6.54 Å². The zero-order valence-electron chi connectivity index (χ0n) is 18.7. The van der Waals surface area contributed by atoms with Gasteiger partial charge in [-0.2, -0.15) is 4.98 Å². The first-order valence-electron chi connectivity index (χ1n) is 10.6. The van der Waals surface area contributed by atoms with E-state index in [1.165, 1.54) is 5.56 Å². The van der Waals surface area contributed by atoms with Gasteiger partial charge in [-0.25, -0.2) is 9.78 Å². The first-order chi connectivity index (χ1) is 16.0. The van der Waals surface area contributed by atoms with Crippen LogP contribution in [0.2, 0.25) is 0 Å². The van der Waals surface area contributed by atoms with E-state index < -0.39 is 6.09 Å². The molecule has 0 spiro atoms. The number of anilines is 3. The third kappa shape index (κ3) is 8.48. The van der Waals surface area contributed by atoms with Crippen LogP contribution in [0.4, 0.5) is 22.2 Å². The topological polar surface area (TPSA) is 117 Å². The van der Waals surface area contributed by atoms with Gasteiger partial charge in [0.15, 0.2) is 0 Å². The lowest BCUT2D eigenvalue weighted by Gasteiger charge is -2.11. The van der Waals surface area contributed by atoms with Gasteiger partial charge in [-0.05, 0) is 31.5 Å². The van der Waals surface area contributed by atoms with Crippen molar-refractivity contribution in [1.82, 2.24) is 20.6 Å². The molecule has 9 heteroatoms. The number of nitrogens with zero attached hydrogens (tertiary/aromatic N) is 2. The van der Waals surface area contributed by atoms with Gasteiger partial charge in [0, 0.05) is 30.5 Å². The number of benzene rings is 2. The van der Waals surface area contributed by atoms with Crippen molar-refractivity contribution in [1.29, 1.82) is 0 Å². The molecule has 0 atom stereocenters. The molecule has 1 aromatic heterocycles. The molecule has 2 amide bonds. The van der Waals surface area contributed by atoms with E-state index in [0.29, 0.717) is 24.9 Å². The molecular weight excluding hydrogens is 420 g/mol. The SMILES string of the molecule is Cc1ccc(Nc2cc(C)nc(NCCNC(=O)CNC(=O)OCc3ccccc3)n2)cc1. The number of aryl methyl sites for hydroxylation is 2. The normalized spacial score (nSPS) is 10.2. The lowest BCUT2D eigenvalue weighted by molar-refractivity contribution is -0.120. The molecule has 0 radical (unpaired) electrons. The van der Waals surface area contributed by atoms with Crippen molar-refractivity contribution in [3.8, 4) is 0 Å². The van der Waals surface area contributed by atoms with Crippen molar-refractivity contribution in [2.45, 2.75) is 20.5 Å². The maximum absolute atomic E-state index is 11.9. The highest BCUT2D eigenvalue weighted by molar-refractivity contribution is 5.82. The number of ether oxygens (including phenoxy) is 1. The summed E-state index contributed by atoms with van der Waals surface area (Å²) < 4.78 is 5.07. The average Bonchev–Trinajstić information content (AvgIpc) is 2.81. The molecule has 3 rings (SSSR count). The third-order valence-corrected chi connectivity index (χ3v) is 4.51. The number of hydrogen-bond acceptors (Lipinski definition) is 7. The summed E-state index contributed by atoms with van der Waals surface area (Å²) in [6, 6.07) is 19.2. The summed E-state index contributed by atoms with van der Waals surface area (Å²) >= 11 is 0. The summed E-state index contributed by atoms with van der Waals surface area (Å²) in [5, 5.41) is 11.5. The fourth-order valence-corrected chi connectivity index (χ4v) is 2.86. The maximum Gasteiger partial charge on any atom is 0.407 e. The number of nitrogens with one attached hydrogen (secondary N) is 4. The first kappa shape index (κ1) is 23.5. The molecule has 0 aliphatic heterocycles. The Kier molecular flexibility index (Phi) is 8.58. The van der Waals surface area contributed by atoms with Crippen LogP contribution in [0.15, 0.2) is 60.7 Å². The Morgan fingerprint density at radius 3 is 2.42 bits per heavy atom. The number of carbonyl (C=O) groups is 2. The predicted molar refractivity (Wildman–Crippen MR) is 127 cm³/mol. The second-order valence-corrected chi connectivity index (χ2v) is 7.40. The lowest BCUT2D eigenvalue weighted by atomic mass is 10.2. The largest absolute Gasteiger partial charge is 0.445 e. The van der Waals surface area contributed by atoms with Crippen molar-refractivity contribution in [2.75, 3.05) is 30.3 Å². The molecule has 0 aliphatic carbocycles. The van der Waals surface area contributed by atoms with Gasteiger partial charge in [0.25, 0.3) is 0 Å². The van der Waals surface area contributed by atoms with E-state index in [0.717, 1.165) is 16.9 Å². The van der Waals surface area contributed by atoms with Crippen LogP contribution in [0, 0.1) is 13.8 Å². The van der Waals surface area contributed by atoms with E-state index in [1.807, 2.05) is 74.5 Å². The molecule has 0 fully saturated rings. The Morgan fingerprint density at radius 2 is 1.67 bits per heavy atom. The second-order valence-electron chi connectivity index (χ2n) is 7.40. The smallest absolute Gasteiger partial charge is 0.407 e. The molecule has 0 aliphatic rings. The minimum Gasteiger partial charge on any atom is -0.445 e. The predicted octanol–water partition coefficient (Wildman–Crippen LogP) is 3.29. The summed E-state index contributed by atoms with van der Waals surface area (Å²) in [4.78, 5) is 32.4. The van der Waals surface area contributed by atoms with Crippen molar-refractivity contribution >= 4 is 29.5 Å². The van der Waals surface area contributed by atoms with Crippen LogP contribution in [-0.2, 0) is 16.1 Å². The van der Waals surface area contributed by atoms with Gasteiger partial charge in [-0.3, -0.25) is 4.79 Å². The van der Waals surface area contributed by atoms with Crippen LogP contribution in [0.1, 0.15) is 16.8 Å². The first-order valence-corrected chi connectivity index (χ1v) is 10.6. The van der Waals surface area contributed by atoms with Gasteiger partial charge in [-0.15, -0.1) is 0 Å². The number of hydrogen-bond donors (Lipinski definition) is 4. The van der Waals surface area contributed by atoms with E-state index in [2.05, 4.69) is 31.2 Å². The number of amides is 2. The van der Waals surface area contributed by atoms with Crippen molar-refractivity contribution in [2.24, 2.45) is 0 Å². The van der Waals surface area contributed by atoms with E-state index in [4.69, 9.17) is 4.74 Å². The van der Waals surface area contributed by atoms with Gasteiger partial charge >= 0.3 is 6.09 Å². The van der Waals surface area contributed by atoms with E-state index in [-0.39, 0.29) is 19.1 Å². The number of aromatic nitrogens is 2. The molecule has 1 heterocycles. The van der Waals surface area contributed by atoms with Gasteiger partial charge in [0.1, 0.15) is 12.4 Å². The van der Waals surface area contributed by atoms with Crippen LogP contribution < -0.4 is 21.3 Å². The van der Waals surface area contributed by atoms with E-state index >= 15 is 0 Å². The molecule has 3 aromatic rings. The van der Waals surface area contributed by atoms with Crippen LogP contribution in [0.5, 0.6) is 0 Å². The maximum atomic E-state index is 11.9. The molecule has 33 heavy (non-hydrogen) atoms. The standard InChI is InChI=1S/C24H28N6O3/c1-17-8-10-20(11-9-17)29-21-14-18(2)28-23(30-21)26-13-12-25-22(31)15-27-24(32)33-16-19-6-4-3-5-7-19/h3-11,14H,12-13,15-16H2,1-2H3,(H,25,31)(H,27,32)(H2,26,28,29,30). The molecule has 0 unspecified atom stereocenters. The molecule has 0 saturated carbocycles. The van der Waals surface area contributed by atoms with Gasteiger partial charge < -0.3 is 26.0 Å². The molecule has 0 saturated heterocycles. The monoisotopic (exact) mass is 448 g/mol. The van der Waals surface area contributed by atoms with E-state index in [1.54, 1.807) is 0 Å². The van der Waals surface area contributed by atoms with Gasteiger partial charge in [-0.1, -0.05) is 48.0 Å². The zero-order valence-corrected chi connectivity index (χ0v) is 18.7.